The molecule has 0 bridgehead atoms. The fourth-order valence-corrected chi connectivity index (χ4v) is 3.26. The van der Waals surface area contributed by atoms with Crippen molar-refractivity contribution in [3.63, 3.8) is 0 Å². The molecule has 0 spiro atoms. The van der Waals surface area contributed by atoms with Gasteiger partial charge in [-0.1, -0.05) is 28.1 Å². The standard InChI is InChI=1S/C20H21BrF3N7O/c1-12-3-4-13(18(25)29-31(26)7-2-6-20(22,23)24)9-16(12)28-19(32)15-11-27-30-8-5-14(21)10-17(15)30/h3-5,8-11H,2,6-7,26H2,1H3,(H2,25,29)(H,28,32). The lowest BCUT2D eigenvalue weighted by Gasteiger charge is -2.15. The summed E-state index contributed by atoms with van der Waals surface area (Å²) in [7, 11) is 0. The van der Waals surface area contributed by atoms with Crippen LogP contribution in [0.15, 0.2) is 52.3 Å². The highest BCUT2D eigenvalue weighted by Gasteiger charge is 2.26. The number of aromatic nitrogens is 2. The first-order valence-corrected chi connectivity index (χ1v) is 10.3. The maximum Gasteiger partial charge on any atom is 0.389 e. The topological polar surface area (TPSA) is 114 Å². The number of nitrogens with zero attached hydrogens (tertiary/aromatic N) is 4. The van der Waals surface area contributed by atoms with Gasteiger partial charge in [-0.3, -0.25) is 4.79 Å². The summed E-state index contributed by atoms with van der Waals surface area (Å²) in [5, 5.41) is 11.8. The summed E-state index contributed by atoms with van der Waals surface area (Å²) in [5.74, 6) is 5.28. The normalized spacial score (nSPS) is 12.2. The Balaban J connectivity index is 1.75. The average Bonchev–Trinajstić information content (AvgIpc) is 3.11. The van der Waals surface area contributed by atoms with Crippen molar-refractivity contribution in [2.75, 3.05) is 11.9 Å². The zero-order valence-corrected chi connectivity index (χ0v) is 18.6. The summed E-state index contributed by atoms with van der Waals surface area (Å²) < 4.78 is 39.2. The number of anilines is 1. The van der Waals surface area contributed by atoms with Crippen molar-refractivity contribution in [1.82, 2.24) is 14.7 Å². The monoisotopic (exact) mass is 511 g/mol. The van der Waals surface area contributed by atoms with E-state index >= 15 is 0 Å². The number of fused-ring (bicyclic) bond motifs is 1. The molecule has 0 aliphatic heterocycles. The second-order valence-corrected chi connectivity index (χ2v) is 8.00. The number of carbonyl (C=O) groups is 1. The summed E-state index contributed by atoms with van der Waals surface area (Å²) in [4.78, 5) is 12.8. The molecule has 3 rings (SSSR count). The minimum atomic E-state index is -4.25. The van der Waals surface area contributed by atoms with Gasteiger partial charge in [-0.2, -0.15) is 18.3 Å². The third kappa shape index (κ3) is 5.98. The van der Waals surface area contributed by atoms with Gasteiger partial charge in [0.25, 0.3) is 5.91 Å². The number of nitrogens with two attached hydrogens (primary N) is 2. The second-order valence-electron chi connectivity index (χ2n) is 7.08. The van der Waals surface area contributed by atoms with Crippen LogP contribution in [0.1, 0.15) is 34.3 Å². The van der Waals surface area contributed by atoms with Gasteiger partial charge in [0.15, 0.2) is 5.84 Å². The Bertz CT molecular complexity index is 1160. The van der Waals surface area contributed by atoms with Gasteiger partial charge in [-0.05, 0) is 37.1 Å². The van der Waals surface area contributed by atoms with E-state index in [1.807, 2.05) is 6.92 Å². The maximum absolute atomic E-state index is 12.8. The van der Waals surface area contributed by atoms with Crippen LogP contribution in [0.5, 0.6) is 0 Å². The Morgan fingerprint density at radius 3 is 2.78 bits per heavy atom. The van der Waals surface area contributed by atoms with Crippen molar-refractivity contribution >= 4 is 38.9 Å². The average molecular weight is 512 g/mol. The van der Waals surface area contributed by atoms with Crippen LogP contribution < -0.4 is 16.9 Å². The van der Waals surface area contributed by atoms with E-state index in [-0.39, 0.29) is 24.7 Å². The van der Waals surface area contributed by atoms with E-state index in [9.17, 15) is 18.0 Å². The molecule has 0 atom stereocenters. The van der Waals surface area contributed by atoms with Crippen molar-refractivity contribution in [2.24, 2.45) is 16.7 Å². The van der Waals surface area contributed by atoms with E-state index in [2.05, 4.69) is 31.4 Å². The fourth-order valence-electron chi connectivity index (χ4n) is 2.92. The van der Waals surface area contributed by atoms with E-state index in [1.54, 1.807) is 41.0 Å². The van der Waals surface area contributed by atoms with Gasteiger partial charge in [0.1, 0.15) is 0 Å². The molecule has 12 heteroatoms. The number of benzene rings is 1. The molecule has 0 fully saturated rings. The molecule has 2 aromatic heterocycles. The van der Waals surface area contributed by atoms with Gasteiger partial charge < -0.3 is 11.1 Å². The van der Waals surface area contributed by atoms with Crippen LogP contribution in [0.3, 0.4) is 0 Å². The Morgan fingerprint density at radius 1 is 1.31 bits per heavy atom. The molecule has 32 heavy (non-hydrogen) atoms. The SMILES string of the molecule is Cc1ccc(/C(N)=N/N(N)CCCC(F)(F)F)cc1NC(=O)c1cnn2ccc(Br)cc12. The Hall–Kier alpha value is -3.12. The summed E-state index contributed by atoms with van der Waals surface area (Å²) in [6, 6.07) is 8.63. The van der Waals surface area contributed by atoms with Gasteiger partial charge in [0, 0.05) is 28.3 Å². The number of rotatable bonds is 7. The summed E-state index contributed by atoms with van der Waals surface area (Å²) in [6.07, 6.45) is -2.22. The number of aryl methyl sites for hydroxylation is 1. The second kappa shape index (κ2) is 9.57. The van der Waals surface area contributed by atoms with Crippen LogP contribution in [0, 0.1) is 6.92 Å². The van der Waals surface area contributed by atoms with Crippen LogP contribution >= 0.6 is 15.9 Å². The predicted octanol–water partition coefficient (Wildman–Crippen LogP) is 3.80. The minimum Gasteiger partial charge on any atom is -0.382 e. The molecule has 8 nitrogen and oxygen atoms in total. The molecule has 5 N–H and O–H groups in total. The zero-order valence-electron chi connectivity index (χ0n) is 17.0. The molecular weight excluding hydrogens is 491 g/mol. The number of pyridine rings is 1. The number of hydrazone groups is 1. The highest BCUT2D eigenvalue weighted by atomic mass is 79.9. The molecule has 0 radical (unpaired) electrons. The van der Waals surface area contributed by atoms with Gasteiger partial charge in [-0.15, -0.1) is 5.10 Å². The summed E-state index contributed by atoms with van der Waals surface area (Å²) >= 11 is 3.38. The zero-order chi connectivity index (χ0) is 23.5. The summed E-state index contributed by atoms with van der Waals surface area (Å²) in [5.41, 5.74) is 8.72. The van der Waals surface area contributed by atoms with E-state index in [4.69, 9.17) is 11.6 Å². The van der Waals surface area contributed by atoms with E-state index in [0.717, 1.165) is 15.2 Å². The van der Waals surface area contributed by atoms with Crippen LogP contribution in [0.2, 0.25) is 0 Å². The lowest BCUT2D eigenvalue weighted by atomic mass is 10.1. The molecule has 0 aliphatic rings. The number of hydrogen-bond donors (Lipinski definition) is 3. The number of hydrogen-bond acceptors (Lipinski definition) is 5. The van der Waals surface area contributed by atoms with Crippen molar-refractivity contribution < 1.29 is 18.0 Å². The molecule has 0 saturated heterocycles. The third-order valence-corrected chi connectivity index (χ3v) is 5.09. The molecule has 3 aromatic rings. The maximum atomic E-state index is 12.8. The van der Waals surface area contributed by atoms with Gasteiger partial charge in [0.2, 0.25) is 0 Å². The largest absolute Gasteiger partial charge is 0.389 e. The molecule has 0 saturated carbocycles. The number of hydrazine groups is 1. The van der Waals surface area contributed by atoms with Crippen molar-refractivity contribution in [3.05, 3.63) is 63.9 Å². The van der Waals surface area contributed by atoms with Crippen LogP contribution in [0.25, 0.3) is 5.52 Å². The Kier molecular flexibility index (Phi) is 7.04. The third-order valence-electron chi connectivity index (χ3n) is 4.59. The first kappa shape index (κ1) is 23.5. The molecule has 0 unspecified atom stereocenters. The number of halogens is 4. The first-order valence-electron chi connectivity index (χ1n) is 9.52. The molecule has 0 aliphatic carbocycles. The predicted molar refractivity (Wildman–Crippen MR) is 119 cm³/mol. The molecule has 1 amide bonds. The first-order chi connectivity index (χ1) is 15.0. The molecule has 170 valence electrons. The highest BCUT2D eigenvalue weighted by molar-refractivity contribution is 9.10. The molecule has 1 aromatic carbocycles. The molecule has 2 heterocycles. The van der Waals surface area contributed by atoms with E-state index in [1.165, 1.54) is 6.20 Å². The lowest BCUT2D eigenvalue weighted by molar-refractivity contribution is -0.136. The number of nitrogens with one attached hydrogen (secondary N) is 1. The highest BCUT2D eigenvalue weighted by Crippen LogP contribution is 2.22. The number of amidine groups is 1. The Morgan fingerprint density at radius 2 is 2.06 bits per heavy atom. The number of amides is 1. The van der Waals surface area contributed by atoms with Crippen molar-refractivity contribution in [2.45, 2.75) is 25.9 Å². The van der Waals surface area contributed by atoms with Gasteiger partial charge >= 0.3 is 6.18 Å². The fraction of sp³-hybridized carbons (Fsp3) is 0.250. The molecular formula is C20H21BrF3N7O. The summed E-state index contributed by atoms with van der Waals surface area (Å²) in [6.45, 7) is 1.70. The van der Waals surface area contributed by atoms with Crippen molar-refractivity contribution in [3.8, 4) is 0 Å². The Labute approximate surface area is 190 Å². The van der Waals surface area contributed by atoms with Crippen LogP contribution in [0.4, 0.5) is 18.9 Å². The smallest absolute Gasteiger partial charge is 0.382 e. The number of alkyl halides is 3. The lowest BCUT2D eigenvalue weighted by Crippen LogP contribution is -2.31. The van der Waals surface area contributed by atoms with E-state index < -0.39 is 12.6 Å². The van der Waals surface area contributed by atoms with Crippen molar-refractivity contribution in [1.29, 1.82) is 0 Å². The quantitative estimate of drug-likeness (QED) is 0.193. The minimum absolute atomic E-state index is 0.00919. The van der Waals surface area contributed by atoms with Crippen LogP contribution in [-0.4, -0.2) is 39.2 Å². The number of carbonyl (C=O) groups excluding carboxylic acids is 1. The van der Waals surface area contributed by atoms with E-state index in [0.29, 0.717) is 22.3 Å². The van der Waals surface area contributed by atoms with Gasteiger partial charge in [0.05, 0.1) is 23.8 Å². The van der Waals surface area contributed by atoms with Gasteiger partial charge in [-0.25, -0.2) is 15.5 Å². The van der Waals surface area contributed by atoms with Crippen LogP contribution in [-0.2, 0) is 0 Å².